The summed E-state index contributed by atoms with van der Waals surface area (Å²) in [7, 11) is 3.39. The number of carbonyl (C=O) groups is 1. The maximum absolute atomic E-state index is 12.2. The third kappa shape index (κ3) is 4.74. The Hall–Kier alpha value is -1.55. The number of carbonyl (C=O) groups excluding carboxylic acids is 1. The van der Waals surface area contributed by atoms with Crippen molar-refractivity contribution in [3.63, 3.8) is 0 Å². The van der Waals surface area contributed by atoms with Crippen LogP contribution < -0.4 is 4.74 Å². The molecule has 1 aromatic carbocycles. The molecule has 1 fully saturated rings. The number of hydrogen-bond donors (Lipinski definition) is 0. The van der Waals surface area contributed by atoms with E-state index < -0.39 is 0 Å². The molecule has 0 aliphatic carbocycles. The molecule has 0 bridgehead atoms. The van der Waals surface area contributed by atoms with E-state index in [1.54, 1.807) is 14.2 Å². The fraction of sp³-hybridized carbons (Fsp3) is 0.588. The lowest BCUT2D eigenvalue weighted by atomic mass is 10.1. The normalized spacial score (nSPS) is 18.0. The van der Waals surface area contributed by atoms with Crippen molar-refractivity contribution in [2.75, 3.05) is 33.9 Å². The average Bonchev–Trinajstić information content (AvgIpc) is 2.97. The first kappa shape index (κ1) is 15.8. The predicted octanol–water partition coefficient (Wildman–Crippen LogP) is 2.51. The van der Waals surface area contributed by atoms with Gasteiger partial charge in [-0.2, -0.15) is 0 Å². The molecule has 1 saturated heterocycles. The van der Waals surface area contributed by atoms with E-state index in [1.165, 1.54) is 5.56 Å². The molecule has 0 unspecified atom stereocenters. The monoisotopic (exact) mass is 291 g/mol. The number of nitrogens with zero attached hydrogens (tertiary/aromatic N) is 1. The molecule has 1 aliphatic rings. The summed E-state index contributed by atoms with van der Waals surface area (Å²) in [5.74, 6) is 1.67. The van der Waals surface area contributed by atoms with Crippen LogP contribution in [0.1, 0.15) is 24.8 Å². The largest absolute Gasteiger partial charge is 0.497 e. The van der Waals surface area contributed by atoms with E-state index in [0.717, 1.165) is 44.7 Å². The quantitative estimate of drug-likeness (QED) is 0.775. The van der Waals surface area contributed by atoms with Gasteiger partial charge in [0, 0.05) is 32.5 Å². The average molecular weight is 291 g/mol. The summed E-state index contributed by atoms with van der Waals surface area (Å²) in [4.78, 5) is 14.1. The second-order valence-electron chi connectivity index (χ2n) is 5.65. The number of ether oxygens (including phenoxy) is 2. The van der Waals surface area contributed by atoms with E-state index in [2.05, 4.69) is 12.1 Å². The first-order valence-corrected chi connectivity index (χ1v) is 7.62. The molecule has 2 rings (SSSR count). The van der Waals surface area contributed by atoms with Crippen LogP contribution in [0.15, 0.2) is 24.3 Å². The summed E-state index contributed by atoms with van der Waals surface area (Å²) in [5, 5.41) is 0. The van der Waals surface area contributed by atoms with Crippen LogP contribution in [0.5, 0.6) is 5.75 Å². The highest BCUT2D eigenvalue weighted by Crippen LogP contribution is 2.18. The zero-order valence-corrected chi connectivity index (χ0v) is 13.0. The minimum atomic E-state index is 0.280. The van der Waals surface area contributed by atoms with Crippen LogP contribution in [0, 0.1) is 5.92 Å². The van der Waals surface area contributed by atoms with Crippen LogP contribution in [-0.4, -0.2) is 44.7 Å². The standard InChI is InChI=1S/C17H25NO3/c1-20-13-15-10-11-18(12-15)17(19)5-3-4-14-6-8-16(21-2)9-7-14/h6-9,15H,3-5,10-13H2,1-2H3/t15-/m1/s1. The number of rotatable bonds is 7. The second kappa shape index (κ2) is 8.03. The molecule has 0 radical (unpaired) electrons. The van der Waals surface area contributed by atoms with Crippen LogP contribution in [-0.2, 0) is 16.0 Å². The third-order valence-electron chi connectivity index (χ3n) is 4.06. The van der Waals surface area contributed by atoms with Gasteiger partial charge in [-0.3, -0.25) is 4.79 Å². The number of benzene rings is 1. The first-order valence-electron chi connectivity index (χ1n) is 7.62. The third-order valence-corrected chi connectivity index (χ3v) is 4.06. The van der Waals surface area contributed by atoms with Crippen molar-refractivity contribution in [1.82, 2.24) is 4.90 Å². The summed E-state index contributed by atoms with van der Waals surface area (Å²) in [5.41, 5.74) is 1.25. The molecule has 21 heavy (non-hydrogen) atoms. The minimum absolute atomic E-state index is 0.280. The lowest BCUT2D eigenvalue weighted by Gasteiger charge is -2.16. The van der Waals surface area contributed by atoms with Gasteiger partial charge in [0.2, 0.25) is 5.91 Å². The summed E-state index contributed by atoms with van der Waals surface area (Å²) >= 11 is 0. The zero-order chi connectivity index (χ0) is 15.1. The Morgan fingerprint density at radius 3 is 2.71 bits per heavy atom. The highest BCUT2D eigenvalue weighted by molar-refractivity contribution is 5.76. The van der Waals surface area contributed by atoms with Gasteiger partial charge in [-0.25, -0.2) is 0 Å². The number of amides is 1. The smallest absolute Gasteiger partial charge is 0.222 e. The van der Waals surface area contributed by atoms with Gasteiger partial charge in [0.25, 0.3) is 0 Å². The van der Waals surface area contributed by atoms with E-state index in [0.29, 0.717) is 12.3 Å². The van der Waals surface area contributed by atoms with E-state index in [9.17, 15) is 4.79 Å². The molecule has 4 heteroatoms. The van der Waals surface area contributed by atoms with Crippen LogP contribution >= 0.6 is 0 Å². The number of likely N-dealkylation sites (tertiary alicyclic amines) is 1. The Labute approximate surface area is 127 Å². The summed E-state index contributed by atoms with van der Waals surface area (Å²) in [6, 6.07) is 8.06. The van der Waals surface area contributed by atoms with E-state index in [-0.39, 0.29) is 5.91 Å². The lowest BCUT2D eigenvalue weighted by molar-refractivity contribution is -0.130. The van der Waals surface area contributed by atoms with Crippen molar-refractivity contribution in [3.05, 3.63) is 29.8 Å². The zero-order valence-electron chi connectivity index (χ0n) is 13.0. The van der Waals surface area contributed by atoms with Gasteiger partial charge in [-0.15, -0.1) is 0 Å². The Bertz CT molecular complexity index is 444. The minimum Gasteiger partial charge on any atom is -0.497 e. The highest BCUT2D eigenvalue weighted by Gasteiger charge is 2.25. The van der Waals surface area contributed by atoms with Crippen LogP contribution in [0.4, 0.5) is 0 Å². The van der Waals surface area contributed by atoms with Gasteiger partial charge >= 0.3 is 0 Å². The maximum atomic E-state index is 12.2. The van der Waals surface area contributed by atoms with Crippen molar-refractivity contribution in [3.8, 4) is 5.75 Å². The number of hydrogen-bond acceptors (Lipinski definition) is 3. The Morgan fingerprint density at radius 2 is 2.05 bits per heavy atom. The molecule has 1 aromatic rings. The highest BCUT2D eigenvalue weighted by atomic mass is 16.5. The van der Waals surface area contributed by atoms with Crippen LogP contribution in [0.25, 0.3) is 0 Å². The molecule has 0 spiro atoms. The van der Waals surface area contributed by atoms with Gasteiger partial charge in [-0.1, -0.05) is 12.1 Å². The van der Waals surface area contributed by atoms with Crippen molar-refractivity contribution >= 4 is 5.91 Å². The Kier molecular flexibility index (Phi) is 6.05. The molecular weight excluding hydrogens is 266 g/mol. The number of methoxy groups -OCH3 is 2. The second-order valence-corrected chi connectivity index (χ2v) is 5.65. The first-order chi connectivity index (χ1) is 10.2. The molecule has 0 N–H and O–H groups in total. The van der Waals surface area contributed by atoms with Gasteiger partial charge in [0.1, 0.15) is 5.75 Å². The molecule has 1 atom stereocenters. The molecule has 1 aliphatic heterocycles. The molecule has 4 nitrogen and oxygen atoms in total. The van der Waals surface area contributed by atoms with E-state index >= 15 is 0 Å². The van der Waals surface area contributed by atoms with Gasteiger partial charge in [-0.05, 0) is 37.0 Å². The van der Waals surface area contributed by atoms with Crippen LogP contribution in [0.2, 0.25) is 0 Å². The molecule has 116 valence electrons. The molecule has 1 heterocycles. The van der Waals surface area contributed by atoms with Crippen LogP contribution in [0.3, 0.4) is 0 Å². The maximum Gasteiger partial charge on any atom is 0.222 e. The van der Waals surface area contributed by atoms with Crippen molar-refractivity contribution in [2.45, 2.75) is 25.7 Å². The SMILES string of the molecule is COC[C@@H]1CCN(C(=O)CCCc2ccc(OC)cc2)C1. The molecule has 0 aromatic heterocycles. The van der Waals surface area contributed by atoms with Gasteiger partial charge < -0.3 is 14.4 Å². The van der Waals surface area contributed by atoms with E-state index in [1.807, 2.05) is 17.0 Å². The van der Waals surface area contributed by atoms with Crippen molar-refractivity contribution in [1.29, 1.82) is 0 Å². The topological polar surface area (TPSA) is 38.8 Å². The molecule has 1 amide bonds. The summed E-state index contributed by atoms with van der Waals surface area (Å²) in [6.07, 6.45) is 3.53. The van der Waals surface area contributed by atoms with E-state index in [4.69, 9.17) is 9.47 Å². The van der Waals surface area contributed by atoms with Gasteiger partial charge in [0.05, 0.1) is 13.7 Å². The predicted molar refractivity (Wildman–Crippen MR) is 82.5 cm³/mol. The lowest BCUT2D eigenvalue weighted by Crippen LogP contribution is -2.29. The van der Waals surface area contributed by atoms with Gasteiger partial charge in [0.15, 0.2) is 0 Å². The molecular formula is C17H25NO3. The number of aryl methyl sites for hydroxylation is 1. The summed E-state index contributed by atoms with van der Waals surface area (Å²) < 4.78 is 10.3. The Morgan fingerprint density at radius 1 is 1.29 bits per heavy atom. The Balaban J connectivity index is 1.69. The summed E-state index contributed by atoms with van der Waals surface area (Å²) in [6.45, 7) is 2.50. The fourth-order valence-electron chi connectivity index (χ4n) is 2.82. The fourth-order valence-corrected chi connectivity index (χ4v) is 2.82. The molecule has 0 saturated carbocycles. The van der Waals surface area contributed by atoms with Crippen molar-refractivity contribution in [2.24, 2.45) is 5.92 Å². The van der Waals surface area contributed by atoms with Crippen molar-refractivity contribution < 1.29 is 14.3 Å².